The number of aryl methyl sites for hydroxylation is 3. The van der Waals surface area contributed by atoms with Crippen LogP contribution in [0.5, 0.6) is 0 Å². The number of anilines is 1. The average molecular weight is 392 g/mol. The molecule has 26 heavy (non-hydrogen) atoms. The van der Waals surface area contributed by atoms with E-state index in [1.807, 2.05) is 39.0 Å². The van der Waals surface area contributed by atoms with Gasteiger partial charge in [0.25, 0.3) is 0 Å². The number of hydrogen-bond donors (Lipinski definition) is 2. The Bertz CT molecular complexity index is 842. The van der Waals surface area contributed by atoms with Crippen LogP contribution < -0.4 is 5.32 Å². The molecule has 2 rings (SSSR count). The summed E-state index contributed by atoms with van der Waals surface area (Å²) in [6.07, 6.45) is 0.765. The highest BCUT2D eigenvalue weighted by molar-refractivity contribution is 8.00. The fourth-order valence-electron chi connectivity index (χ4n) is 2.31. The standard InChI is InChI=1S/C19H21NO4S2/c1-4-14-8-15(18(24)13-6-5-11(2)12(3)7-13)19(26-14)20-16(21)9-25-10-17(22)23/h5-8H,4,9-10H2,1-3H3,(H,20,21)(H,22,23). The summed E-state index contributed by atoms with van der Waals surface area (Å²) in [6.45, 7) is 5.94. The molecule has 138 valence electrons. The van der Waals surface area contributed by atoms with E-state index in [1.165, 1.54) is 11.3 Å². The van der Waals surface area contributed by atoms with E-state index in [4.69, 9.17) is 5.11 Å². The molecule has 0 aliphatic heterocycles. The van der Waals surface area contributed by atoms with Crippen LogP contribution in [0.3, 0.4) is 0 Å². The van der Waals surface area contributed by atoms with Crippen LogP contribution in [0.2, 0.25) is 0 Å². The molecule has 1 aromatic carbocycles. The highest BCUT2D eigenvalue weighted by Gasteiger charge is 2.19. The summed E-state index contributed by atoms with van der Waals surface area (Å²) in [4.78, 5) is 36.5. The second-order valence-electron chi connectivity index (χ2n) is 5.87. The van der Waals surface area contributed by atoms with Gasteiger partial charge in [-0.05, 0) is 43.5 Å². The van der Waals surface area contributed by atoms with Crippen LogP contribution >= 0.6 is 23.1 Å². The van der Waals surface area contributed by atoms with Gasteiger partial charge in [-0.3, -0.25) is 14.4 Å². The third-order valence-electron chi connectivity index (χ3n) is 3.86. The Morgan fingerprint density at radius 1 is 1.12 bits per heavy atom. The van der Waals surface area contributed by atoms with E-state index in [0.717, 1.165) is 34.2 Å². The highest BCUT2D eigenvalue weighted by atomic mass is 32.2. The summed E-state index contributed by atoms with van der Waals surface area (Å²) in [5.41, 5.74) is 3.22. The van der Waals surface area contributed by atoms with Gasteiger partial charge >= 0.3 is 5.97 Å². The predicted molar refractivity (Wildman–Crippen MR) is 107 cm³/mol. The van der Waals surface area contributed by atoms with Gasteiger partial charge in [0.2, 0.25) is 5.91 Å². The number of rotatable bonds is 8. The molecule has 0 radical (unpaired) electrons. The van der Waals surface area contributed by atoms with Crippen molar-refractivity contribution in [2.75, 3.05) is 16.8 Å². The lowest BCUT2D eigenvalue weighted by Gasteiger charge is -2.07. The maximum atomic E-state index is 12.9. The van der Waals surface area contributed by atoms with Crippen molar-refractivity contribution in [3.8, 4) is 0 Å². The number of carbonyl (C=O) groups excluding carboxylic acids is 2. The summed E-state index contributed by atoms with van der Waals surface area (Å²) in [5.74, 6) is -1.50. The van der Waals surface area contributed by atoms with E-state index in [9.17, 15) is 14.4 Å². The first-order valence-corrected chi connectivity index (χ1v) is 10.1. The monoisotopic (exact) mass is 391 g/mol. The lowest BCUT2D eigenvalue weighted by molar-refractivity contribution is -0.133. The van der Waals surface area contributed by atoms with Gasteiger partial charge in [0, 0.05) is 10.4 Å². The number of carboxylic acids is 1. The minimum atomic E-state index is -0.960. The van der Waals surface area contributed by atoms with Gasteiger partial charge in [-0.2, -0.15) is 0 Å². The van der Waals surface area contributed by atoms with E-state index in [-0.39, 0.29) is 23.2 Å². The van der Waals surface area contributed by atoms with Crippen LogP contribution in [0.4, 0.5) is 5.00 Å². The molecule has 0 spiro atoms. The van der Waals surface area contributed by atoms with Gasteiger partial charge in [0.05, 0.1) is 17.1 Å². The van der Waals surface area contributed by atoms with Gasteiger partial charge in [-0.15, -0.1) is 23.1 Å². The van der Waals surface area contributed by atoms with E-state index in [1.54, 1.807) is 6.07 Å². The number of benzene rings is 1. The van der Waals surface area contributed by atoms with Crippen LogP contribution in [0.25, 0.3) is 0 Å². The molecule has 5 nitrogen and oxygen atoms in total. The van der Waals surface area contributed by atoms with Crippen LogP contribution in [-0.4, -0.2) is 34.3 Å². The predicted octanol–water partition coefficient (Wildman–Crippen LogP) is 3.91. The lowest BCUT2D eigenvalue weighted by atomic mass is 10.00. The van der Waals surface area contributed by atoms with Crippen LogP contribution in [0.15, 0.2) is 24.3 Å². The molecule has 1 amide bonds. The van der Waals surface area contributed by atoms with Gasteiger partial charge in [0.15, 0.2) is 5.78 Å². The van der Waals surface area contributed by atoms with Crippen molar-refractivity contribution in [2.24, 2.45) is 0 Å². The molecule has 0 saturated heterocycles. The summed E-state index contributed by atoms with van der Waals surface area (Å²) in [6, 6.07) is 7.39. The number of ketones is 1. The Morgan fingerprint density at radius 3 is 2.46 bits per heavy atom. The zero-order valence-corrected chi connectivity index (χ0v) is 16.6. The zero-order chi connectivity index (χ0) is 19.3. The van der Waals surface area contributed by atoms with E-state index >= 15 is 0 Å². The molecule has 0 bridgehead atoms. The van der Waals surface area contributed by atoms with Gasteiger partial charge in [-0.25, -0.2) is 0 Å². The highest BCUT2D eigenvalue weighted by Crippen LogP contribution is 2.31. The first-order valence-electron chi connectivity index (χ1n) is 8.15. The van der Waals surface area contributed by atoms with Gasteiger partial charge < -0.3 is 10.4 Å². The van der Waals surface area contributed by atoms with Crippen LogP contribution in [-0.2, 0) is 16.0 Å². The van der Waals surface area contributed by atoms with Gasteiger partial charge in [-0.1, -0.05) is 19.1 Å². The molecular weight excluding hydrogens is 370 g/mol. The fraction of sp³-hybridized carbons (Fsp3) is 0.316. The summed E-state index contributed by atoms with van der Waals surface area (Å²) < 4.78 is 0. The average Bonchev–Trinajstić information content (AvgIpc) is 2.99. The summed E-state index contributed by atoms with van der Waals surface area (Å²) in [7, 11) is 0. The smallest absolute Gasteiger partial charge is 0.313 e. The van der Waals surface area contributed by atoms with Crippen molar-refractivity contribution < 1.29 is 19.5 Å². The maximum absolute atomic E-state index is 12.9. The number of thioether (sulfide) groups is 1. The molecule has 0 atom stereocenters. The molecule has 7 heteroatoms. The minimum Gasteiger partial charge on any atom is -0.481 e. The van der Waals surface area contributed by atoms with Crippen molar-refractivity contribution in [1.82, 2.24) is 0 Å². The second-order valence-corrected chi connectivity index (χ2v) is 7.99. The topological polar surface area (TPSA) is 83.5 Å². The quantitative estimate of drug-likeness (QED) is 0.667. The Hall–Kier alpha value is -2.12. The van der Waals surface area contributed by atoms with Crippen molar-refractivity contribution in [3.63, 3.8) is 0 Å². The number of carboxylic acid groups (broad SMARTS) is 1. The molecule has 0 unspecified atom stereocenters. The zero-order valence-electron chi connectivity index (χ0n) is 14.9. The van der Waals surface area contributed by atoms with E-state index in [0.29, 0.717) is 16.1 Å². The van der Waals surface area contributed by atoms with Crippen LogP contribution in [0.1, 0.15) is 38.8 Å². The number of aliphatic carboxylic acids is 1. The van der Waals surface area contributed by atoms with Crippen molar-refractivity contribution in [1.29, 1.82) is 0 Å². The first-order chi connectivity index (χ1) is 12.3. The van der Waals surface area contributed by atoms with Crippen molar-refractivity contribution in [2.45, 2.75) is 27.2 Å². The molecule has 0 fully saturated rings. The Balaban J connectivity index is 2.21. The van der Waals surface area contributed by atoms with Gasteiger partial charge in [0.1, 0.15) is 5.00 Å². The second kappa shape index (κ2) is 9.00. The number of amides is 1. The molecule has 2 N–H and O–H groups in total. The number of carbonyl (C=O) groups is 3. The Kier molecular flexibility index (Phi) is 6.99. The minimum absolute atomic E-state index is 0.0307. The molecule has 2 aromatic rings. The summed E-state index contributed by atoms with van der Waals surface area (Å²) >= 11 is 2.40. The van der Waals surface area contributed by atoms with E-state index in [2.05, 4.69) is 5.32 Å². The molecule has 0 saturated carbocycles. The number of thiophene rings is 1. The van der Waals surface area contributed by atoms with Crippen molar-refractivity contribution >= 4 is 45.8 Å². The molecule has 1 aromatic heterocycles. The SMILES string of the molecule is CCc1cc(C(=O)c2ccc(C)c(C)c2)c(NC(=O)CSCC(=O)O)s1. The normalized spacial score (nSPS) is 10.6. The Labute approximate surface area is 160 Å². The number of hydrogen-bond acceptors (Lipinski definition) is 5. The van der Waals surface area contributed by atoms with Crippen LogP contribution in [0, 0.1) is 13.8 Å². The molecular formula is C19H21NO4S2. The molecule has 0 aliphatic rings. The lowest BCUT2D eigenvalue weighted by Crippen LogP contribution is -2.16. The third-order valence-corrected chi connectivity index (χ3v) is 5.97. The number of nitrogens with one attached hydrogen (secondary N) is 1. The molecule has 1 heterocycles. The summed E-state index contributed by atoms with van der Waals surface area (Å²) in [5, 5.41) is 11.9. The van der Waals surface area contributed by atoms with Crippen molar-refractivity contribution in [3.05, 3.63) is 51.4 Å². The third kappa shape index (κ3) is 5.19. The van der Waals surface area contributed by atoms with E-state index < -0.39 is 5.97 Å². The first kappa shape index (κ1) is 20.2. The fourth-order valence-corrected chi connectivity index (χ4v) is 3.85. The largest absolute Gasteiger partial charge is 0.481 e. The molecule has 0 aliphatic carbocycles. The maximum Gasteiger partial charge on any atom is 0.313 e. The Morgan fingerprint density at radius 2 is 1.85 bits per heavy atom.